The number of carbonyl (C=O) groups is 4. The molecular weight excluding hydrogens is 1150 g/mol. The Morgan fingerprint density at radius 2 is 0.552 bits per heavy atom. The average molecular weight is 1280 g/mol. The van der Waals surface area contributed by atoms with E-state index in [4.69, 9.17) is 37.0 Å². The molecule has 0 amide bonds. The molecule has 0 spiro atoms. The van der Waals surface area contributed by atoms with Crippen LogP contribution in [0.4, 0.5) is 0 Å². The number of hydrogen-bond acceptors (Lipinski definition) is 15. The molecule has 516 valence electrons. The topological polar surface area (TPSA) is 237 Å². The summed E-state index contributed by atoms with van der Waals surface area (Å²) < 4.78 is 68.2. The lowest BCUT2D eigenvalue weighted by Crippen LogP contribution is -2.30. The molecule has 19 heteroatoms. The molecule has 0 aromatic carbocycles. The molecule has 0 aromatic rings. The summed E-state index contributed by atoms with van der Waals surface area (Å²) in [7, 11) is -9.90. The van der Waals surface area contributed by atoms with Gasteiger partial charge in [0.1, 0.15) is 19.3 Å². The van der Waals surface area contributed by atoms with Crippen molar-refractivity contribution < 1.29 is 80.2 Å². The van der Waals surface area contributed by atoms with Gasteiger partial charge in [0, 0.05) is 25.7 Å². The summed E-state index contributed by atoms with van der Waals surface area (Å²) in [6.45, 7) is 14.0. The first-order valence-electron chi connectivity index (χ1n) is 35.2. The highest BCUT2D eigenvalue weighted by atomic mass is 31.2. The summed E-state index contributed by atoms with van der Waals surface area (Å²) in [4.78, 5) is 72.4. The molecule has 0 rings (SSSR count). The molecule has 0 saturated heterocycles. The fourth-order valence-electron chi connectivity index (χ4n) is 10.1. The second-order valence-electron chi connectivity index (χ2n) is 26.2. The van der Waals surface area contributed by atoms with E-state index in [1.54, 1.807) is 0 Å². The molecule has 0 radical (unpaired) electrons. The van der Waals surface area contributed by atoms with E-state index in [1.165, 1.54) is 135 Å². The van der Waals surface area contributed by atoms with Crippen LogP contribution < -0.4 is 0 Å². The molecule has 0 saturated carbocycles. The molecule has 6 atom stereocenters. The molecule has 0 aliphatic carbocycles. The Morgan fingerprint density at radius 1 is 0.322 bits per heavy atom. The molecule has 0 fully saturated rings. The van der Waals surface area contributed by atoms with E-state index in [0.29, 0.717) is 31.6 Å². The number of aliphatic hydroxyl groups excluding tert-OH is 1. The Kier molecular flexibility index (Phi) is 56.6. The summed E-state index contributed by atoms with van der Waals surface area (Å²) in [6, 6.07) is 0. The maximum Gasteiger partial charge on any atom is 0.472 e. The van der Waals surface area contributed by atoms with Crippen LogP contribution in [0.15, 0.2) is 0 Å². The highest BCUT2D eigenvalue weighted by molar-refractivity contribution is 7.47. The minimum absolute atomic E-state index is 0.102. The van der Waals surface area contributed by atoms with Gasteiger partial charge in [-0.3, -0.25) is 37.3 Å². The zero-order chi connectivity index (χ0) is 64.7. The van der Waals surface area contributed by atoms with Crippen molar-refractivity contribution in [2.45, 2.75) is 350 Å². The van der Waals surface area contributed by atoms with Crippen molar-refractivity contribution in [3.05, 3.63) is 0 Å². The highest BCUT2D eigenvalue weighted by Gasteiger charge is 2.30. The van der Waals surface area contributed by atoms with Gasteiger partial charge >= 0.3 is 39.5 Å². The zero-order valence-electron chi connectivity index (χ0n) is 56.6. The first-order valence-corrected chi connectivity index (χ1v) is 38.2. The second kappa shape index (κ2) is 57.9. The van der Waals surface area contributed by atoms with Crippen molar-refractivity contribution >= 4 is 39.5 Å². The van der Waals surface area contributed by atoms with E-state index in [9.17, 15) is 43.2 Å². The third-order valence-corrected chi connectivity index (χ3v) is 17.8. The van der Waals surface area contributed by atoms with Crippen molar-refractivity contribution in [1.82, 2.24) is 0 Å². The van der Waals surface area contributed by atoms with E-state index in [1.807, 2.05) is 0 Å². The molecule has 0 aliphatic heterocycles. The maximum absolute atomic E-state index is 13.0. The van der Waals surface area contributed by atoms with Crippen LogP contribution in [0.3, 0.4) is 0 Å². The van der Waals surface area contributed by atoms with E-state index in [0.717, 1.165) is 108 Å². The van der Waals surface area contributed by atoms with E-state index in [-0.39, 0.29) is 25.7 Å². The van der Waals surface area contributed by atoms with Gasteiger partial charge in [0.15, 0.2) is 12.2 Å². The van der Waals surface area contributed by atoms with Crippen LogP contribution in [0.25, 0.3) is 0 Å². The average Bonchev–Trinajstić information content (AvgIpc) is 3.68. The Labute approximate surface area is 530 Å². The highest BCUT2D eigenvalue weighted by Crippen LogP contribution is 2.45. The molecule has 3 N–H and O–H groups in total. The van der Waals surface area contributed by atoms with E-state index < -0.39 is 97.5 Å². The fourth-order valence-corrected chi connectivity index (χ4v) is 11.7. The van der Waals surface area contributed by atoms with Gasteiger partial charge in [0.05, 0.1) is 26.4 Å². The van der Waals surface area contributed by atoms with Crippen molar-refractivity contribution in [2.75, 3.05) is 39.6 Å². The minimum atomic E-state index is -4.95. The SMILES string of the molecule is CCC(C)CCCCCCCCCCC(=O)OC[C@H](COP(=O)(O)OCC(O)COP(=O)(O)OC[C@@H](COC(=O)CCCCCCCCCCC(C)C)OC(=O)CCCCCCCCCC(C)C)OC(=O)CCCCCCCCCCCCCC(C)C. The quantitative estimate of drug-likeness (QED) is 0.0222. The molecule has 0 aromatic heterocycles. The number of phosphoric acid groups is 2. The summed E-state index contributed by atoms with van der Waals surface area (Å²) in [6.07, 6.45) is 39.0. The lowest BCUT2D eigenvalue weighted by atomic mass is 9.99. The Balaban J connectivity index is 5.26. The number of esters is 4. The van der Waals surface area contributed by atoms with Crippen LogP contribution >= 0.6 is 15.6 Å². The third kappa shape index (κ3) is 61.3. The first kappa shape index (κ1) is 85.1. The van der Waals surface area contributed by atoms with E-state index >= 15 is 0 Å². The monoisotopic (exact) mass is 1280 g/mol. The van der Waals surface area contributed by atoms with Gasteiger partial charge in [0.2, 0.25) is 0 Å². The van der Waals surface area contributed by atoms with Crippen LogP contribution in [0.1, 0.15) is 331 Å². The Hall–Kier alpha value is -1.94. The predicted molar refractivity (Wildman–Crippen MR) is 349 cm³/mol. The van der Waals surface area contributed by atoms with Crippen LogP contribution in [-0.2, 0) is 65.4 Å². The molecule has 0 bridgehead atoms. The largest absolute Gasteiger partial charge is 0.472 e. The number of carbonyl (C=O) groups excluding carboxylic acids is 4. The molecular formula is C68H132O17P2. The molecule has 87 heavy (non-hydrogen) atoms. The maximum atomic E-state index is 13.0. The lowest BCUT2D eigenvalue weighted by Gasteiger charge is -2.21. The van der Waals surface area contributed by atoms with Crippen molar-refractivity contribution in [1.29, 1.82) is 0 Å². The number of hydrogen-bond donors (Lipinski definition) is 3. The van der Waals surface area contributed by atoms with Gasteiger partial charge in [-0.05, 0) is 49.4 Å². The third-order valence-electron chi connectivity index (χ3n) is 15.9. The van der Waals surface area contributed by atoms with Crippen molar-refractivity contribution in [3.63, 3.8) is 0 Å². The van der Waals surface area contributed by atoms with Gasteiger partial charge in [-0.25, -0.2) is 9.13 Å². The summed E-state index contributed by atoms with van der Waals surface area (Å²) in [5, 5.41) is 10.6. The number of unbranched alkanes of at least 4 members (excludes halogenated alkanes) is 30. The predicted octanol–water partition coefficient (Wildman–Crippen LogP) is 18.9. The van der Waals surface area contributed by atoms with Gasteiger partial charge < -0.3 is 33.8 Å². The summed E-state index contributed by atoms with van der Waals surface area (Å²) in [5.41, 5.74) is 0. The standard InChI is InChI=1S/C68H132O17P2/c1-9-61(8)47-39-31-23-16-18-25-33-41-49-66(71)79-54-63(84-67(72)50-42-34-26-14-12-10-11-13-20-28-36-44-58(2)3)56-82-86(74,75)80-52-62(69)53-81-87(76,77)83-57-64(85-68(73)51-43-35-27-19-22-30-38-46-60(6)7)55-78-65(70)48-40-32-24-17-15-21-29-37-45-59(4)5/h58-64,69H,9-57H2,1-8H3,(H,74,75)(H,76,77)/t61?,62?,63-,64-/m1/s1. The smallest absolute Gasteiger partial charge is 0.462 e. The van der Waals surface area contributed by atoms with Gasteiger partial charge in [-0.15, -0.1) is 0 Å². The molecule has 17 nitrogen and oxygen atoms in total. The number of ether oxygens (including phenoxy) is 4. The normalized spacial score (nSPS) is 14.6. The van der Waals surface area contributed by atoms with Crippen LogP contribution in [-0.4, -0.2) is 96.7 Å². The number of aliphatic hydroxyl groups is 1. The minimum Gasteiger partial charge on any atom is -0.462 e. The summed E-state index contributed by atoms with van der Waals surface area (Å²) in [5.74, 6) is 0.830. The van der Waals surface area contributed by atoms with Crippen molar-refractivity contribution in [2.24, 2.45) is 23.7 Å². The van der Waals surface area contributed by atoms with Crippen LogP contribution in [0.5, 0.6) is 0 Å². The Morgan fingerprint density at radius 3 is 0.816 bits per heavy atom. The number of rotatable bonds is 65. The second-order valence-corrected chi connectivity index (χ2v) is 29.1. The van der Waals surface area contributed by atoms with Gasteiger partial charge in [0.25, 0.3) is 0 Å². The summed E-state index contributed by atoms with van der Waals surface area (Å²) >= 11 is 0. The van der Waals surface area contributed by atoms with Gasteiger partial charge in [-0.1, -0.05) is 280 Å². The fraction of sp³-hybridized carbons (Fsp3) is 0.941. The Bertz CT molecular complexity index is 1730. The van der Waals surface area contributed by atoms with Gasteiger partial charge in [-0.2, -0.15) is 0 Å². The molecule has 0 heterocycles. The van der Waals surface area contributed by atoms with Crippen LogP contribution in [0, 0.1) is 23.7 Å². The van der Waals surface area contributed by atoms with Crippen molar-refractivity contribution in [3.8, 4) is 0 Å². The molecule has 4 unspecified atom stereocenters. The first-order chi connectivity index (χ1) is 41.6. The van der Waals surface area contributed by atoms with Crippen LogP contribution in [0.2, 0.25) is 0 Å². The van der Waals surface area contributed by atoms with E-state index in [2.05, 4.69) is 55.4 Å². The molecule has 0 aliphatic rings. The lowest BCUT2D eigenvalue weighted by molar-refractivity contribution is -0.161. The number of phosphoric ester groups is 2. The zero-order valence-corrected chi connectivity index (χ0v) is 58.4.